The van der Waals surface area contributed by atoms with Crippen molar-refractivity contribution in [2.24, 2.45) is 5.84 Å². The molecule has 0 radical (unpaired) electrons. The summed E-state index contributed by atoms with van der Waals surface area (Å²) in [7, 11) is 0. The van der Waals surface area contributed by atoms with Crippen molar-refractivity contribution in [2.75, 3.05) is 19.6 Å². The number of urea groups is 1. The van der Waals surface area contributed by atoms with Crippen molar-refractivity contribution in [1.29, 1.82) is 0 Å². The molecule has 2 saturated heterocycles. The number of nitrogens with one attached hydrogen (secondary N) is 1. The molecule has 2 rings (SSSR count). The van der Waals surface area contributed by atoms with Crippen LogP contribution in [-0.4, -0.2) is 53.8 Å². The van der Waals surface area contributed by atoms with Gasteiger partial charge in [0.2, 0.25) is 0 Å². The van der Waals surface area contributed by atoms with Gasteiger partial charge in [-0.3, -0.25) is 5.84 Å². The van der Waals surface area contributed by atoms with Crippen LogP contribution in [0.2, 0.25) is 0 Å². The van der Waals surface area contributed by atoms with Crippen LogP contribution in [0.4, 0.5) is 18.0 Å². The molecule has 2 amide bonds. The molecule has 0 aliphatic carbocycles. The van der Waals surface area contributed by atoms with E-state index >= 15 is 0 Å². The SMILES string of the molecule is NN1CC2CCC(C1)N2C(=O)NCC(F)(F)F. The molecule has 0 aromatic carbocycles. The summed E-state index contributed by atoms with van der Waals surface area (Å²) >= 11 is 0. The molecule has 2 atom stereocenters. The lowest BCUT2D eigenvalue weighted by molar-refractivity contribution is -0.123. The van der Waals surface area contributed by atoms with Crippen molar-refractivity contribution >= 4 is 6.03 Å². The fraction of sp³-hybridized carbons (Fsp3) is 0.889. The molecule has 0 spiro atoms. The Kier molecular flexibility index (Phi) is 3.17. The van der Waals surface area contributed by atoms with Crippen LogP contribution in [0.15, 0.2) is 0 Å². The van der Waals surface area contributed by atoms with Crippen molar-refractivity contribution < 1.29 is 18.0 Å². The van der Waals surface area contributed by atoms with E-state index in [1.165, 1.54) is 4.90 Å². The van der Waals surface area contributed by atoms with Gasteiger partial charge in [0.15, 0.2) is 0 Å². The van der Waals surface area contributed by atoms with Crippen molar-refractivity contribution in [3.05, 3.63) is 0 Å². The van der Waals surface area contributed by atoms with Gasteiger partial charge in [-0.1, -0.05) is 0 Å². The lowest BCUT2D eigenvalue weighted by atomic mass is 10.2. The number of piperazine rings is 1. The summed E-state index contributed by atoms with van der Waals surface area (Å²) in [6.45, 7) is -0.236. The van der Waals surface area contributed by atoms with Crippen molar-refractivity contribution in [2.45, 2.75) is 31.1 Å². The molecular weight excluding hydrogens is 237 g/mol. The molecule has 2 fully saturated rings. The topological polar surface area (TPSA) is 61.6 Å². The van der Waals surface area contributed by atoms with Crippen LogP contribution in [0.25, 0.3) is 0 Å². The quantitative estimate of drug-likeness (QED) is 0.659. The number of amides is 2. The zero-order valence-corrected chi connectivity index (χ0v) is 9.20. The third-order valence-corrected chi connectivity index (χ3v) is 3.18. The van der Waals surface area contributed by atoms with Gasteiger partial charge in [0.05, 0.1) is 0 Å². The molecule has 8 heteroatoms. The highest BCUT2D eigenvalue weighted by Gasteiger charge is 2.42. The summed E-state index contributed by atoms with van der Waals surface area (Å²) in [6.07, 6.45) is -2.76. The Morgan fingerprint density at radius 2 is 1.82 bits per heavy atom. The van der Waals surface area contributed by atoms with E-state index in [9.17, 15) is 18.0 Å². The molecule has 2 unspecified atom stereocenters. The number of halogens is 3. The van der Waals surface area contributed by atoms with Crippen LogP contribution in [0.5, 0.6) is 0 Å². The number of nitrogens with zero attached hydrogens (tertiary/aromatic N) is 2. The van der Waals surface area contributed by atoms with Gasteiger partial charge in [-0.25, -0.2) is 9.80 Å². The average Bonchev–Trinajstić information content (AvgIpc) is 2.47. The molecule has 2 aliphatic heterocycles. The minimum Gasteiger partial charge on any atom is -0.329 e. The van der Waals surface area contributed by atoms with E-state index < -0.39 is 18.8 Å². The summed E-state index contributed by atoms with van der Waals surface area (Å²) in [6, 6.07) is -0.762. The summed E-state index contributed by atoms with van der Waals surface area (Å²) in [5, 5.41) is 3.53. The first kappa shape index (κ1) is 12.4. The molecule has 2 heterocycles. The number of nitrogens with two attached hydrogens (primary N) is 1. The summed E-state index contributed by atoms with van der Waals surface area (Å²) in [5.41, 5.74) is 0. The van der Waals surface area contributed by atoms with Crippen LogP contribution in [-0.2, 0) is 0 Å². The van der Waals surface area contributed by atoms with E-state index in [2.05, 4.69) is 0 Å². The van der Waals surface area contributed by atoms with Gasteiger partial charge in [0, 0.05) is 25.2 Å². The molecule has 3 N–H and O–H groups in total. The predicted molar refractivity (Wildman–Crippen MR) is 53.9 cm³/mol. The van der Waals surface area contributed by atoms with Crippen molar-refractivity contribution in [3.8, 4) is 0 Å². The zero-order chi connectivity index (χ0) is 12.6. The van der Waals surface area contributed by atoms with Gasteiger partial charge < -0.3 is 10.2 Å². The Morgan fingerprint density at radius 1 is 1.29 bits per heavy atom. The molecule has 2 bridgehead atoms. The number of rotatable bonds is 1. The van der Waals surface area contributed by atoms with Gasteiger partial charge in [-0.2, -0.15) is 13.2 Å². The number of hydrogen-bond acceptors (Lipinski definition) is 3. The lowest BCUT2D eigenvalue weighted by Crippen LogP contribution is -2.60. The number of carbonyl (C=O) groups is 1. The molecule has 0 aromatic rings. The summed E-state index contributed by atoms with van der Waals surface area (Å²) in [4.78, 5) is 13.2. The standard InChI is InChI=1S/C9H15F3N4O/c10-9(11,12)5-14-8(17)16-6-1-2-7(16)4-15(13)3-6/h6-7H,1-5,13H2,(H,14,17). The predicted octanol–water partition coefficient (Wildman–Crippen LogP) is 0.281. The van der Waals surface area contributed by atoms with Crippen LogP contribution in [0, 0.1) is 0 Å². The zero-order valence-electron chi connectivity index (χ0n) is 9.20. The van der Waals surface area contributed by atoms with Crippen molar-refractivity contribution in [1.82, 2.24) is 15.2 Å². The molecule has 98 valence electrons. The Morgan fingerprint density at radius 3 is 2.29 bits per heavy atom. The Bertz CT molecular complexity index is 295. The molecular formula is C9H15F3N4O. The average molecular weight is 252 g/mol. The maximum atomic E-state index is 12.0. The monoisotopic (exact) mass is 252 g/mol. The highest BCUT2D eigenvalue weighted by atomic mass is 19.4. The second-order valence-electron chi connectivity index (χ2n) is 4.52. The minimum absolute atomic E-state index is 0.0630. The van der Waals surface area contributed by atoms with E-state index in [0.29, 0.717) is 13.1 Å². The number of alkyl halides is 3. The van der Waals surface area contributed by atoms with Crippen LogP contribution in [0.1, 0.15) is 12.8 Å². The second kappa shape index (κ2) is 4.34. The van der Waals surface area contributed by atoms with Gasteiger partial charge in [-0.15, -0.1) is 0 Å². The molecule has 0 saturated carbocycles. The van der Waals surface area contributed by atoms with Crippen LogP contribution < -0.4 is 11.2 Å². The minimum atomic E-state index is -4.37. The fourth-order valence-electron chi connectivity index (χ4n) is 2.53. The fourth-order valence-corrected chi connectivity index (χ4v) is 2.53. The number of hydrazine groups is 1. The highest BCUT2D eigenvalue weighted by molar-refractivity contribution is 5.75. The third-order valence-electron chi connectivity index (χ3n) is 3.18. The van der Waals surface area contributed by atoms with E-state index in [1.54, 1.807) is 5.01 Å². The van der Waals surface area contributed by atoms with Crippen LogP contribution >= 0.6 is 0 Å². The molecule has 2 aliphatic rings. The van der Waals surface area contributed by atoms with E-state index in [1.807, 2.05) is 5.32 Å². The third kappa shape index (κ3) is 2.81. The lowest BCUT2D eigenvalue weighted by Gasteiger charge is -2.39. The van der Waals surface area contributed by atoms with Gasteiger partial charge in [-0.05, 0) is 12.8 Å². The normalized spacial score (nSPS) is 29.5. The number of hydrogen-bond donors (Lipinski definition) is 2. The first-order chi connectivity index (χ1) is 7.87. The summed E-state index contributed by atoms with van der Waals surface area (Å²) in [5.74, 6) is 5.66. The first-order valence-corrected chi connectivity index (χ1v) is 5.49. The summed E-state index contributed by atoms with van der Waals surface area (Å²) < 4.78 is 36.0. The van der Waals surface area contributed by atoms with E-state index in [4.69, 9.17) is 5.84 Å². The van der Waals surface area contributed by atoms with Gasteiger partial charge in [0.1, 0.15) is 6.54 Å². The molecule has 17 heavy (non-hydrogen) atoms. The smallest absolute Gasteiger partial charge is 0.329 e. The molecule has 5 nitrogen and oxygen atoms in total. The van der Waals surface area contributed by atoms with Crippen molar-refractivity contribution in [3.63, 3.8) is 0 Å². The van der Waals surface area contributed by atoms with E-state index in [0.717, 1.165) is 12.8 Å². The Balaban J connectivity index is 1.92. The molecule has 0 aromatic heterocycles. The number of carbonyl (C=O) groups excluding carboxylic acids is 1. The van der Waals surface area contributed by atoms with E-state index in [-0.39, 0.29) is 12.1 Å². The van der Waals surface area contributed by atoms with Crippen LogP contribution in [0.3, 0.4) is 0 Å². The van der Waals surface area contributed by atoms with Gasteiger partial charge in [0.25, 0.3) is 0 Å². The second-order valence-corrected chi connectivity index (χ2v) is 4.52. The maximum absolute atomic E-state index is 12.0. The largest absolute Gasteiger partial charge is 0.405 e. The Labute approximate surface area is 96.7 Å². The Hall–Kier alpha value is -1.02. The van der Waals surface area contributed by atoms with Gasteiger partial charge >= 0.3 is 12.2 Å². The first-order valence-electron chi connectivity index (χ1n) is 5.49. The maximum Gasteiger partial charge on any atom is 0.405 e. The highest BCUT2D eigenvalue weighted by Crippen LogP contribution is 2.28. The number of fused-ring (bicyclic) bond motifs is 2.